The molecule has 0 radical (unpaired) electrons. The SMILES string of the molecule is CNCCC(CCNC)c1cc(-c2ccc(OC)cc2)n(-c2ccc(O)cc2)n1. The summed E-state index contributed by atoms with van der Waals surface area (Å²) in [6.45, 7) is 1.89. The minimum absolute atomic E-state index is 0.244. The summed E-state index contributed by atoms with van der Waals surface area (Å²) in [6, 6.07) is 17.3. The smallest absolute Gasteiger partial charge is 0.118 e. The van der Waals surface area contributed by atoms with Crippen LogP contribution in [0.2, 0.25) is 0 Å². The highest BCUT2D eigenvalue weighted by Gasteiger charge is 2.19. The zero-order valence-corrected chi connectivity index (χ0v) is 17.4. The molecule has 0 unspecified atom stereocenters. The molecule has 6 nitrogen and oxygen atoms in total. The largest absolute Gasteiger partial charge is 0.508 e. The minimum Gasteiger partial charge on any atom is -0.508 e. The zero-order chi connectivity index (χ0) is 20.6. The van der Waals surface area contributed by atoms with Crippen LogP contribution in [-0.4, -0.2) is 49.2 Å². The van der Waals surface area contributed by atoms with Crippen molar-refractivity contribution in [3.05, 3.63) is 60.3 Å². The lowest BCUT2D eigenvalue weighted by Crippen LogP contribution is -2.17. The van der Waals surface area contributed by atoms with Gasteiger partial charge in [-0.25, -0.2) is 4.68 Å². The van der Waals surface area contributed by atoms with Gasteiger partial charge in [-0.15, -0.1) is 0 Å². The monoisotopic (exact) mass is 394 g/mol. The first-order valence-corrected chi connectivity index (χ1v) is 9.99. The summed E-state index contributed by atoms with van der Waals surface area (Å²) < 4.78 is 7.26. The Morgan fingerprint density at radius 3 is 2.14 bits per heavy atom. The third-order valence-electron chi connectivity index (χ3n) is 5.11. The van der Waals surface area contributed by atoms with Crippen LogP contribution >= 0.6 is 0 Å². The fourth-order valence-electron chi connectivity index (χ4n) is 3.43. The van der Waals surface area contributed by atoms with Gasteiger partial charge in [-0.05, 0) is 94.6 Å². The molecule has 29 heavy (non-hydrogen) atoms. The Morgan fingerprint density at radius 1 is 0.966 bits per heavy atom. The van der Waals surface area contributed by atoms with E-state index >= 15 is 0 Å². The first kappa shape index (κ1) is 20.9. The Bertz CT molecular complexity index is 880. The zero-order valence-electron chi connectivity index (χ0n) is 17.4. The van der Waals surface area contributed by atoms with E-state index in [-0.39, 0.29) is 5.75 Å². The molecule has 0 saturated carbocycles. The maximum atomic E-state index is 9.68. The van der Waals surface area contributed by atoms with E-state index in [9.17, 15) is 5.11 Å². The molecule has 3 rings (SSSR count). The van der Waals surface area contributed by atoms with E-state index in [1.54, 1.807) is 19.2 Å². The van der Waals surface area contributed by atoms with Crippen LogP contribution in [0, 0.1) is 0 Å². The molecule has 0 bridgehead atoms. The Labute approximate surface area is 172 Å². The van der Waals surface area contributed by atoms with Crippen molar-refractivity contribution in [3.8, 4) is 28.4 Å². The van der Waals surface area contributed by atoms with Gasteiger partial charge < -0.3 is 20.5 Å². The van der Waals surface area contributed by atoms with E-state index in [2.05, 4.69) is 16.7 Å². The van der Waals surface area contributed by atoms with E-state index in [1.165, 1.54) is 0 Å². The van der Waals surface area contributed by atoms with E-state index in [0.29, 0.717) is 5.92 Å². The maximum absolute atomic E-state index is 9.68. The second-order valence-corrected chi connectivity index (χ2v) is 7.09. The Hall–Kier alpha value is -2.83. The van der Waals surface area contributed by atoms with Gasteiger partial charge in [0.2, 0.25) is 0 Å². The van der Waals surface area contributed by atoms with E-state index in [0.717, 1.165) is 54.3 Å². The number of nitrogens with one attached hydrogen (secondary N) is 2. The van der Waals surface area contributed by atoms with Crippen LogP contribution in [0.15, 0.2) is 54.6 Å². The molecule has 0 spiro atoms. The predicted molar refractivity (Wildman–Crippen MR) is 117 cm³/mol. The van der Waals surface area contributed by atoms with Crippen LogP contribution in [0.1, 0.15) is 24.5 Å². The second-order valence-electron chi connectivity index (χ2n) is 7.09. The van der Waals surface area contributed by atoms with Crippen molar-refractivity contribution >= 4 is 0 Å². The van der Waals surface area contributed by atoms with Crippen molar-refractivity contribution in [3.63, 3.8) is 0 Å². The van der Waals surface area contributed by atoms with Gasteiger partial charge in [-0.1, -0.05) is 0 Å². The molecule has 0 amide bonds. The lowest BCUT2D eigenvalue weighted by atomic mass is 9.96. The van der Waals surface area contributed by atoms with Crippen molar-refractivity contribution in [2.45, 2.75) is 18.8 Å². The van der Waals surface area contributed by atoms with Crippen molar-refractivity contribution in [2.75, 3.05) is 34.3 Å². The highest BCUT2D eigenvalue weighted by atomic mass is 16.5. The van der Waals surface area contributed by atoms with Crippen LogP contribution in [0.4, 0.5) is 0 Å². The lowest BCUT2D eigenvalue weighted by molar-refractivity contribution is 0.415. The molecule has 154 valence electrons. The molecular formula is C23H30N4O2. The van der Waals surface area contributed by atoms with Crippen molar-refractivity contribution in [1.29, 1.82) is 0 Å². The summed E-state index contributed by atoms with van der Waals surface area (Å²) in [4.78, 5) is 0. The first-order chi connectivity index (χ1) is 14.2. The second kappa shape index (κ2) is 10.1. The molecule has 0 atom stereocenters. The number of hydrogen-bond acceptors (Lipinski definition) is 5. The summed E-state index contributed by atoms with van der Waals surface area (Å²) in [5.74, 6) is 1.42. The van der Waals surface area contributed by atoms with Gasteiger partial charge >= 0.3 is 0 Å². The Morgan fingerprint density at radius 2 is 1.59 bits per heavy atom. The average Bonchev–Trinajstić information content (AvgIpc) is 3.19. The highest BCUT2D eigenvalue weighted by molar-refractivity contribution is 5.64. The van der Waals surface area contributed by atoms with Crippen LogP contribution in [0.25, 0.3) is 16.9 Å². The molecular weight excluding hydrogens is 364 g/mol. The Kier molecular flexibility index (Phi) is 7.27. The third kappa shape index (κ3) is 5.16. The molecule has 0 aliphatic carbocycles. The Balaban J connectivity index is 2.04. The highest BCUT2D eigenvalue weighted by Crippen LogP contribution is 2.31. The van der Waals surface area contributed by atoms with Crippen LogP contribution in [0.5, 0.6) is 11.5 Å². The molecule has 0 fully saturated rings. The lowest BCUT2D eigenvalue weighted by Gasteiger charge is -2.14. The number of ether oxygens (including phenoxy) is 1. The molecule has 3 N–H and O–H groups in total. The first-order valence-electron chi connectivity index (χ1n) is 9.99. The molecule has 1 aromatic heterocycles. The van der Waals surface area contributed by atoms with Gasteiger partial charge in [0.05, 0.1) is 24.2 Å². The number of phenolic OH excluding ortho intramolecular Hbond substituents is 1. The molecule has 0 aliphatic rings. The van der Waals surface area contributed by atoms with Gasteiger partial charge in [-0.3, -0.25) is 0 Å². The topological polar surface area (TPSA) is 71.3 Å². The molecule has 2 aromatic carbocycles. The fourth-order valence-corrected chi connectivity index (χ4v) is 3.43. The molecule has 0 saturated heterocycles. The van der Waals surface area contributed by atoms with Gasteiger partial charge in [0.25, 0.3) is 0 Å². The summed E-state index contributed by atoms with van der Waals surface area (Å²) in [6.07, 6.45) is 2.04. The molecule has 0 aliphatic heterocycles. The van der Waals surface area contributed by atoms with Gasteiger partial charge in [0.15, 0.2) is 0 Å². The van der Waals surface area contributed by atoms with Crippen molar-refractivity contribution in [2.24, 2.45) is 0 Å². The van der Waals surface area contributed by atoms with E-state index in [1.807, 2.05) is 55.2 Å². The normalized spacial score (nSPS) is 11.2. The van der Waals surface area contributed by atoms with Gasteiger partial charge in [-0.2, -0.15) is 5.10 Å². The van der Waals surface area contributed by atoms with E-state index < -0.39 is 0 Å². The summed E-state index contributed by atoms with van der Waals surface area (Å²) in [7, 11) is 5.63. The standard InChI is InChI=1S/C23H30N4O2/c1-24-14-12-17(13-15-25-2)22-16-23(18-4-10-21(29-3)11-5-18)27(26-22)19-6-8-20(28)9-7-19/h4-11,16-17,24-25,28H,12-15H2,1-3H3. The third-order valence-corrected chi connectivity index (χ3v) is 5.11. The van der Waals surface area contributed by atoms with Crippen LogP contribution in [-0.2, 0) is 0 Å². The number of aromatic hydroxyl groups is 1. The molecule has 3 aromatic rings. The number of phenols is 1. The average molecular weight is 395 g/mol. The number of nitrogens with zero attached hydrogens (tertiary/aromatic N) is 2. The fraction of sp³-hybridized carbons (Fsp3) is 0.348. The summed E-state index contributed by atoms with van der Waals surface area (Å²) >= 11 is 0. The minimum atomic E-state index is 0.244. The van der Waals surface area contributed by atoms with E-state index in [4.69, 9.17) is 9.84 Å². The quantitative estimate of drug-likeness (QED) is 0.490. The number of rotatable bonds is 10. The number of aromatic nitrogens is 2. The number of methoxy groups -OCH3 is 1. The number of benzene rings is 2. The van der Waals surface area contributed by atoms with Gasteiger partial charge in [0, 0.05) is 11.5 Å². The molecule has 1 heterocycles. The maximum Gasteiger partial charge on any atom is 0.118 e. The van der Waals surface area contributed by atoms with Crippen LogP contribution < -0.4 is 15.4 Å². The van der Waals surface area contributed by atoms with Crippen molar-refractivity contribution < 1.29 is 9.84 Å². The van der Waals surface area contributed by atoms with Crippen LogP contribution in [0.3, 0.4) is 0 Å². The molecule has 6 heteroatoms. The predicted octanol–water partition coefficient (Wildman–Crippen LogP) is 3.56. The van der Waals surface area contributed by atoms with Crippen molar-refractivity contribution in [1.82, 2.24) is 20.4 Å². The summed E-state index contributed by atoms with van der Waals surface area (Å²) in [5, 5.41) is 21.2. The van der Waals surface area contributed by atoms with Gasteiger partial charge in [0.1, 0.15) is 11.5 Å². The summed E-state index contributed by atoms with van der Waals surface area (Å²) in [5.41, 5.74) is 4.08. The number of hydrogen-bond donors (Lipinski definition) is 3.